The zero-order valence-electron chi connectivity index (χ0n) is 13.5. The molecule has 0 bridgehead atoms. The quantitative estimate of drug-likeness (QED) is 0.849. The Morgan fingerprint density at radius 1 is 1.19 bits per heavy atom. The fourth-order valence-electron chi connectivity index (χ4n) is 2.57. The molecule has 0 aliphatic carbocycles. The second-order valence-corrected chi connectivity index (χ2v) is 6.02. The molecule has 4 nitrogen and oxygen atoms in total. The van der Waals surface area contributed by atoms with Gasteiger partial charge in [-0.05, 0) is 43.8 Å². The molecule has 0 spiro atoms. The van der Waals surface area contributed by atoms with Crippen LogP contribution in [-0.2, 0) is 6.54 Å². The summed E-state index contributed by atoms with van der Waals surface area (Å²) in [5.41, 5.74) is 2.39. The topological polar surface area (TPSA) is 33.1 Å². The Bertz CT molecular complexity index is 506. The lowest BCUT2D eigenvalue weighted by Crippen LogP contribution is -2.41. The molecule has 0 aliphatic rings. The Balaban J connectivity index is 1.86. The van der Waals surface area contributed by atoms with Crippen LogP contribution < -0.4 is 5.32 Å². The van der Waals surface area contributed by atoms with Gasteiger partial charge in [-0.2, -0.15) is 5.10 Å². The number of hydrogen-bond donors (Lipinski definition) is 1. The number of likely N-dealkylation sites (N-methyl/N-ethyl adjacent to an activating group) is 1. The van der Waals surface area contributed by atoms with Gasteiger partial charge in [-0.15, -0.1) is 0 Å². The molecule has 1 heterocycles. The zero-order chi connectivity index (χ0) is 15.2. The normalized spacial score (nSPS) is 13.0. The second-order valence-electron chi connectivity index (χ2n) is 6.02. The molecule has 0 saturated heterocycles. The van der Waals surface area contributed by atoms with E-state index in [-0.39, 0.29) is 0 Å². The van der Waals surface area contributed by atoms with Gasteiger partial charge in [0.1, 0.15) is 0 Å². The Morgan fingerprint density at radius 3 is 2.43 bits per heavy atom. The highest BCUT2D eigenvalue weighted by Gasteiger charge is 2.14. The molecule has 1 aromatic heterocycles. The van der Waals surface area contributed by atoms with Crippen molar-refractivity contribution in [3.63, 3.8) is 0 Å². The summed E-state index contributed by atoms with van der Waals surface area (Å²) < 4.78 is 1.87. The maximum Gasteiger partial charge on any atom is 0.0645 e. The summed E-state index contributed by atoms with van der Waals surface area (Å²) in [6.45, 7) is 6.44. The van der Waals surface area contributed by atoms with Gasteiger partial charge in [-0.3, -0.25) is 0 Å². The van der Waals surface area contributed by atoms with Crippen LogP contribution in [0.4, 0.5) is 0 Å². The number of aromatic nitrogens is 2. The van der Waals surface area contributed by atoms with Gasteiger partial charge in [0, 0.05) is 31.5 Å². The minimum absolute atomic E-state index is 0.563. The van der Waals surface area contributed by atoms with Gasteiger partial charge in [0.15, 0.2) is 0 Å². The van der Waals surface area contributed by atoms with E-state index in [0.717, 1.165) is 18.8 Å². The van der Waals surface area contributed by atoms with Crippen molar-refractivity contribution in [2.75, 3.05) is 20.6 Å². The summed E-state index contributed by atoms with van der Waals surface area (Å²) in [6, 6.07) is 11.0. The van der Waals surface area contributed by atoms with Gasteiger partial charge in [0.25, 0.3) is 0 Å². The van der Waals surface area contributed by atoms with Gasteiger partial charge < -0.3 is 10.2 Å². The predicted molar refractivity (Wildman–Crippen MR) is 87.6 cm³/mol. The molecule has 0 aliphatic heterocycles. The first-order valence-electron chi connectivity index (χ1n) is 7.54. The fourth-order valence-corrected chi connectivity index (χ4v) is 2.57. The van der Waals surface area contributed by atoms with Crippen molar-refractivity contribution in [2.24, 2.45) is 5.92 Å². The van der Waals surface area contributed by atoms with Crippen LogP contribution in [-0.4, -0.2) is 41.4 Å². The first-order valence-corrected chi connectivity index (χ1v) is 7.54. The van der Waals surface area contributed by atoms with Crippen LogP contribution >= 0.6 is 0 Å². The second kappa shape index (κ2) is 7.38. The summed E-state index contributed by atoms with van der Waals surface area (Å²) in [7, 11) is 4.29. The molecule has 1 aromatic carbocycles. The van der Waals surface area contributed by atoms with Crippen LogP contribution in [0.15, 0.2) is 42.7 Å². The molecule has 1 unspecified atom stereocenters. The molecule has 0 amide bonds. The molecule has 1 N–H and O–H groups in total. The Hall–Kier alpha value is -1.65. The van der Waals surface area contributed by atoms with Crippen molar-refractivity contribution in [2.45, 2.75) is 26.4 Å². The third-order valence-corrected chi connectivity index (χ3v) is 3.82. The van der Waals surface area contributed by atoms with E-state index < -0.39 is 0 Å². The largest absolute Gasteiger partial charge is 0.311 e. The average molecular weight is 286 g/mol. The third-order valence-electron chi connectivity index (χ3n) is 3.82. The molecule has 0 fully saturated rings. The summed E-state index contributed by atoms with van der Waals surface area (Å²) in [4.78, 5) is 2.29. The van der Waals surface area contributed by atoms with E-state index >= 15 is 0 Å². The number of hydrogen-bond acceptors (Lipinski definition) is 3. The van der Waals surface area contributed by atoms with Crippen molar-refractivity contribution in [3.8, 4) is 5.69 Å². The van der Waals surface area contributed by atoms with Crippen LogP contribution in [0.1, 0.15) is 19.4 Å². The number of nitrogens with one attached hydrogen (secondary N) is 1. The Kier molecular flexibility index (Phi) is 5.53. The lowest BCUT2D eigenvalue weighted by molar-refractivity contribution is 0.224. The van der Waals surface area contributed by atoms with E-state index in [1.165, 1.54) is 5.56 Å². The minimum atomic E-state index is 0.563. The highest BCUT2D eigenvalue weighted by molar-refractivity contribution is 5.33. The third kappa shape index (κ3) is 4.41. The number of nitrogens with zero attached hydrogens (tertiary/aromatic N) is 3. The number of benzene rings is 1. The van der Waals surface area contributed by atoms with Gasteiger partial charge >= 0.3 is 0 Å². The highest BCUT2D eigenvalue weighted by atomic mass is 15.3. The van der Waals surface area contributed by atoms with Gasteiger partial charge in [0.2, 0.25) is 0 Å². The summed E-state index contributed by atoms with van der Waals surface area (Å²) >= 11 is 0. The molecule has 21 heavy (non-hydrogen) atoms. The lowest BCUT2D eigenvalue weighted by atomic mass is 10.0. The molecule has 114 valence electrons. The predicted octanol–water partition coefficient (Wildman–Crippen LogP) is 2.55. The van der Waals surface area contributed by atoms with E-state index in [1.807, 2.05) is 16.9 Å². The lowest BCUT2D eigenvalue weighted by Gasteiger charge is -2.28. The van der Waals surface area contributed by atoms with Crippen molar-refractivity contribution in [3.05, 3.63) is 48.3 Å². The Labute approximate surface area is 127 Å². The fraction of sp³-hybridized carbons (Fsp3) is 0.471. The molecule has 0 saturated carbocycles. The molecule has 1 atom stereocenters. The molecule has 2 rings (SSSR count). The van der Waals surface area contributed by atoms with Crippen molar-refractivity contribution < 1.29 is 0 Å². The molecular formula is C17H26N4. The SMILES string of the molecule is CC(C)C(CNCc1ccc(-n2cccn2)cc1)N(C)C. The van der Waals surface area contributed by atoms with Crippen LogP contribution in [0.2, 0.25) is 0 Å². The average Bonchev–Trinajstić information content (AvgIpc) is 2.97. The van der Waals surface area contributed by atoms with Crippen LogP contribution in [0, 0.1) is 5.92 Å². The summed E-state index contributed by atoms with van der Waals surface area (Å²) in [6.07, 6.45) is 3.75. The standard InChI is InChI=1S/C17H26N4/c1-14(2)17(20(3)4)13-18-12-15-6-8-16(9-7-15)21-11-5-10-19-21/h5-11,14,17-18H,12-13H2,1-4H3. The van der Waals surface area contributed by atoms with E-state index in [4.69, 9.17) is 0 Å². The minimum Gasteiger partial charge on any atom is -0.311 e. The highest BCUT2D eigenvalue weighted by Crippen LogP contribution is 2.09. The molecule has 4 heteroatoms. The molecular weight excluding hydrogens is 260 g/mol. The maximum absolute atomic E-state index is 4.24. The van der Waals surface area contributed by atoms with Crippen LogP contribution in [0.5, 0.6) is 0 Å². The van der Waals surface area contributed by atoms with Crippen molar-refractivity contribution in [1.29, 1.82) is 0 Å². The van der Waals surface area contributed by atoms with Gasteiger partial charge in [-0.25, -0.2) is 4.68 Å². The van der Waals surface area contributed by atoms with E-state index in [0.29, 0.717) is 12.0 Å². The Morgan fingerprint density at radius 2 is 1.90 bits per heavy atom. The first kappa shape index (κ1) is 15.7. The van der Waals surface area contributed by atoms with E-state index in [9.17, 15) is 0 Å². The van der Waals surface area contributed by atoms with Crippen LogP contribution in [0.25, 0.3) is 5.69 Å². The van der Waals surface area contributed by atoms with Gasteiger partial charge in [0.05, 0.1) is 5.69 Å². The smallest absolute Gasteiger partial charge is 0.0645 e. The van der Waals surface area contributed by atoms with E-state index in [1.54, 1.807) is 6.20 Å². The first-order chi connectivity index (χ1) is 10.1. The van der Waals surface area contributed by atoms with Crippen molar-refractivity contribution in [1.82, 2.24) is 20.0 Å². The van der Waals surface area contributed by atoms with Gasteiger partial charge in [-0.1, -0.05) is 26.0 Å². The summed E-state index contributed by atoms with van der Waals surface area (Å²) in [5.74, 6) is 0.648. The molecule has 0 radical (unpaired) electrons. The zero-order valence-corrected chi connectivity index (χ0v) is 13.5. The maximum atomic E-state index is 4.24. The molecule has 2 aromatic rings. The van der Waals surface area contributed by atoms with Crippen molar-refractivity contribution >= 4 is 0 Å². The monoisotopic (exact) mass is 286 g/mol. The number of rotatable bonds is 7. The van der Waals surface area contributed by atoms with E-state index in [2.05, 4.69) is 67.5 Å². The van der Waals surface area contributed by atoms with Crippen LogP contribution in [0.3, 0.4) is 0 Å². The summed E-state index contributed by atoms with van der Waals surface area (Å²) in [5, 5.41) is 7.79.